The zero-order chi connectivity index (χ0) is 12.4. The molecule has 0 aliphatic rings. The van der Waals surface area contributed by atoms with Crippen LogP contribution in [-0.4, -0.2) is 20.2 Å². The minimum absolute atomic E-state index is 0.840. The number of nitrogens with one attached hydrogen (secondary N) is 3. The van der Waals surface area contributed by atoms with Gasteiger partial charge in [0.1, 0.15) is 5.65 Å². The number of aromatic amines is 2. The Morgan fingerprint density at radius 2 is 2.28 bits per heavy atom. The highest BCUT2D eigenvalue weighted by atomic mass is 15.2. The van der Waals surface area contributed by atoms with E-state index in [0.717, 1.165) is 41.1 Å². The molecule has 0 aromatic carbocycles. The molecule has 3 heterocycles. The Bertz CT molecular complexity index is 652. The first kappa shape index (κ1) is 10.8. The summed E-state index contributed by atoms with van der Waals surface area (Å²) in [6.45, 7) is 2.15. The second-order valence-electron chi connectivity index (χ2n) is 4.25. The Kier molecular flexibility index (Phi) is 2.72. The first-order chi connectivity index (χ1) is 8.86. The van der Waals surface area contributed by atoms with Gasteiger partial charge < -0.3 is 10.3 Å². The highest BCUT2D eigenvalue weighted by molar-refractivity contribution is 5.90. The first-order valence-corrected chi connectivity index (χ1v) is 6.10. The van der Waals surface area contributed by atoms with Gasteiger partial charge in [-0.3, -0.25) is 5.10 Å². The zero-order valence-electron chi connectivity index (χ0n) is 10.2. The third-order valence-corrected chi connectivity index (χ3v) is 2.87. The predicted molar refractivity (Wildman–Crippen MR) is 72.0 cm³/mol. The number of hydrogen-bond acceptors (Lipinski definition) is 3. The molecule has 5 heteroatoms. The van der Waals surface area contributed by atoms with E-state index < -0.39 is 0 Å². The lowest BCUT2D eigenvalue weighted by Crippen LogP contribution is -1.91. The highest BCUT2D eigenvalue weighted by Crippen LogP contribution is 2.23. The topological polar surface area (TPSA) is 69.4 Å². The molecule has 0 saturated heterocycles. The molecule has 3 rings (SSSR count). The summed E-state index contributed by atoms with van der Waals surface area (Å²) in [6, 6.07) is 6.00. The van der Waals surface area contributed by atoms with E-state index in [1.165, 1.54) is 0 Å². The Balaban J connectivity index is 1.88. The monoisotopic (exact) mass is 241 g/mol. The van der Waals surface area contributed by atoms with E-state index in [-0.39, 0.29) is 0 Å². The van der Waals surface area contributed by atoms with Gasteiger partial charge in [0, 0.05) is 29.5 Å². The third kappa shape index (κ3) is 1.95. The van der Waals surface area contributed by atoms with Crippen molar-refractivity contribution >= 4 is 22.5 Å². The smallest absolute Gasteiger partial charge is 0.152 e. The summed E-state index contributed by atoms with van der Waals surface area (Å²) >= 11 is 0. The van der Waals surface area contributed by atoms with Crippen molar-refractivity contribution in [2.45, 2.75) is 19.8 Å². The Morgan fingerprint density at radius 3 is 3.17 bits per heavy atom. The van der Waals surface area contributed by atoms with Crippen molar-refractivity contribution in [2.24, 2.45) is 0 Å². The van der Waals surface area contributed by atoms with E-state index in [9.17, 15) is 0 Å². The van der Waals surface area contributed by atoms with Crippen LogP contribution in [0.2, 0.25) is 0 Å². The van der Waals surface area contributed by atoms with Gasteiger partial charge in [-0.2, -0.15) is 5.10 Å². The van der Waals surface area contributed by atoms with Crippen molar-refractivity contribution in [3.63, 3.8) is 0 Å². The molecule has 0 aliphatic heterocycles. The lowest BCUT2D eigenvalue weighted by molar-refractivity contribution is 0.867. The molecule has 0 radical (unpaired) electrons. The number of H-pyrrole nitrogens is 2. The molecule has 92 valence electrons. The average Bonchev–Trinajstić information content (AvgIpc) is 2.99. The number of hydrogen-bond donors (Lipinski definition) is 3. The normalized spacial score (nSPS) is 10.9. The van der Waals surface area contributed by atoms with Crippen LogP contribution in [0.3, 0.4) is 0 Å². The van der Waals surface area contributed by atoms with E-state index in [4.69, 9.17) is 0 Å². The van der Waals surface area contributed by atoms with Gasteiger partial charge in [0.2, 0.25) is 0 Å². The predicted octanol–water partition coefficient (Wildman–Crippen LogP) is 2.98. The van der Waals surface area contributed by atoms with Gasteiger partial charge in [0.05, 0.1) is 5.69 Å². The molecule has 5 nitrogen and oxygen atoms in total. The maximum atomic E-state index is 4.25. The number of anilines is 2. The van der Waals surface area contributed by atoms with E-state index in [2.05, 4.69) is 32.4 Å². The number of aryl methyl sites for hydroxylation is 1. The van der Waals surface area contributed by atoms with Crippen molar-refractivity contribution < 1.29 is 0 Å². The fourth-order valence-corrected chi connectivity index (χ4v) is 2.03. The molecule has 0 atom stereocenters. The Hall–Kier alpha value is -2.30. The summed E-state index contributed by atoms with van der Waals surface area (Å²) in [4.78, 5) is 7.35. The molecule has 3 aromatic rings. The van der Waals surface area contributed by atoms with Crippen LogP contribution < -0.4 is 5.32 Å². The fourth-order valence-electron chi connectivity index (χ4n) is 2.03. The average molecular weight is 241 g/mol. The fraction of sp³-hybridized carbons (Fsp3) is 0.231. The standard InChI is InChI=1S/C13H15N5/c1-2-3-9-8-12(18-17-9)16-11-5-7-15-13-10(11)4-6-14-13/h4-8H,2-3H2,1H3,(H3,14,15,16,17,18). The maximum Gasteiger partial charge on any atom is 0.152 e. The van der Waals surface area contributed by atoms with Crippen molar-refractivity contribution in [1.29, 1.82) is 0 Å². The van der Waals surface area contributed by atoms with Crippen molar-refractivity contribution in [3.05, 3.63) is 36.3 Å². The molecule has 0 fully saturated rings. The molecule has 3 N–H and O–H groups in total. The molecule has 0 amide bonds. The number of fused-ring (bicyclic) bond motifs is 1. The van der Waals surface area contributed by atoms with Crippen LogP contribution in [0.25, 0.3) is 11.0 Å². The van der Waals surface area contributed by atoms with Gasteiger partial charge in [-0.05, 0) is 18.6 Å². The van der Waals surface area contributed by atoms with Gasteiger partial charge in [0.25, 0.3) is 0 Å². The lowest BCUT2D eigenvalue weighted by Gasteiger charge is -2.03. The molecule has 3 aromatic heterocycles. The van der Waals surface area contributed by atoms with E-state index in [1.807, 2.05) is 24.4 Å². The first-order valence-electron chi connectivity index (χ1n) is 6.10. The van der Waals surface area contributed by atoms with Gasteiger partial charge in [0.15, 0.2) is 5.82 Å². The summed E-state index contributed by atoms with van der Waals surface area (Å²) in [6.07, 6.45) is 5.79. The zero-order valence-corrected chi connectivity index (χ0v) is 10.2. The van der Waals surface area contributed by atoms with Crippen LogP contribution in [0, 0.1) is 0 Å². The van der Waals surface area contributed by atoms with Crippen molar-refractivity contribution in [2.75, 3.05) is 5.32 Å². The molecular weight excluding hydrogens is 226 g/mol. The quantitative estimate of drug-likeness (QED) is 0.657. The molecular formula is C13H15N5. The number of nitrogens with zero attached hydrogens (tertiary/aromatic N) is 2. The van der Waals surface area contributed by atoms with Crippen LogP contribution >= 0.6 is 0 Å². The molecule has 18 heavy (non-hydrogen) atoms. The summed E-state index contributed by atoms with van der Waals surface area (Å²) in [7, 11) is 0. The van der Waals surface area contributed by atoms with Crippen LogP contribution in [0.4, 0.5) is 11.5 Å². The van der Waals surface area contributed by atoms with Crippen molar-refractivity contribution in [1.82, 2.24) is 20.2 Å². The van der Waals surface area contributed by atoms with Gasteiger partial charge in [-0.1, -0.05) is 13.3 Å². The van der Waals surface area contributed by atoms with E-state index in [1.54, 1.807) is 6.20 Å². The lowest BCUT2D eigenvalue weighted by atomic mass is 10.2. The van der Waals surface area contributed by atoms with Crippen LogP contribution in [0.1, 0.15) is 19.0 Å². The molecule has 0 aliphatic carbocycles. The summed E-state index contributed by atoms with van der Waals surface area (Å²) in [5.74, 6) is 0.840. The molecule has 0 bridgehead atoms. The Morgan fingerprint density at radius 1 is 1.33 bits per heavy atom. The second-order valence-corrected chi connectivity index (χ2v) is 4.25. The van der Waals surface area contributed by atoms with Gasteiger partial charge in [-0.25, -0.2) is 4.98 Å². The Labute approximate surface area is 105 Å². The largest absolute Gasteiger partial charge is 0.346 e. The van der Waals surface area contributed by atoms with Crippen LogP contribution in [0.5, 0.6) is 0 Å². The van der Waals surface area contributed by atoms with E-state index >= 15 is 0 Å². The number of aromatic nitrogens is 4. The molecule has 0 unspecified atom stereocenters. The van der Waals surface area contributed by atoms with Gasteiger partial charge >= 0.3 is 0 Å². The van der Waals surface area contributed by atoms with E-state index in [0.29, 0.717) is 0 Å². The minimum Gasteiger partial charge on any atom is -0.346 e. The molecule has 0 spiro atoms. The van der Waals surface area contributed by atoms with Crippen LogP contribution in [-0.2, 0) is 6.42 Å². The summed E-state index contributed by atoms with van der Waals surface area (Å²) in [5.41, 5.74) is 3.04. The SMILES string of the molecule is CCCc1cc(Nc2ccnc3[nH]ccc23)n[nH]1. The summed E-state index contributed by atoms with van der Waals surface area (Å²) < 4.78 is 0. The maximum absolute atomic E-state index is 4.25. The van der Waals surface area contributed by atoms with Crippen molar-refractivity contribution in [3.8, 4) is 0 Å². The number of rotatable bonds is 4. The summed E-state index contributed by atoms with van der Waals surface area (Å²) in [5, 5.41) is 11.7. The molecule has 0 saturated carbocycles. The second kappa shape index (κ2) is 4.52. The van der Waals surface area contributed by atoms with Gasteiger partial charge in [-0.15, -0.1) is 0 Å². The highest BCUT2D eigenvalue weighted by Gasteiger charge is 2.05. The number of pyridine rings is 1. The minimum atomic E-state index is 0.840. The third-order valence-electron chi connectivity index (χ3n) is 2.87. The van der Waals surface area contributed by atoms with Crippen LogP contribution in [0.15, 0.2) is 30.6 Å².